The van der Waals surface area contributed by atoms with E-state index in [1.54, 1.807) is 11.8 Å². The van der Waals surface area contributed by atoms with Gasteiger partial charge in [-0.1, -0.05) is 12.1 Å². The highest BCUT2D eigenvalue weighted by Crippen LogP contribution is 2.22. The number of rotatable bonds is 9. The molecule has 2 N–H and O–H groups in total. The van der Waals surface area contributed by atoms with Crippen molar-refractivity contribution in [1.29, 1.82) is 0 Å². The number of guanidine groups is 1. The standard InChI is InChI=1S/C18H29N3O2S/c1-5-19-18(20-11-7-8-17(22)23-6-2)21-13-15-10-9-14(3)12-16(15)24-4/h9-10,12H,5-8,11,13H2,1-4H3,(H2,19,20,21). The Hall–Kier alpha value is -1.69. The van der Waals surface area contributed by atoms with Gasteiger partial charge in [-0.2, -0.15) is 0 Å². The summed E-state index contributed by atoms with van der Waals surface area (Å²) in [5.74, 6) is 0.625. The van der Waals surface area contributed by atoms with Crippen molar-refractivity contribution >= 4 is 23.7 Å². The van der Waals surface area contributed by atoms with Crippen molar-refractivity contribution < 1.29 is 9.53 Å². The molecule has 0 spiro atoms. The zero-order valence-corrected chi connectivity index (χ0v) is 16.0. The fourth-order valence-corrected chi connectivity index (χ4v) is 2.86. The summed E-state index contributed by atoms with van der Waals surface area (Å²) in [5, 5.41) is 6.49. The number of aliphatic imine (C=N–C) groups is 1. The van der Waals surface area contributed by atoms with Gasteiger partial charge in [0.25, 0.3) is 0 Å². The molecular weight excluding hydrogens is 322 g/mol. The molecule has 0 aliphatic carbocycles. The van der Waals surface area contributed by atoms with Gasteiger partial charge in [0.2, 0.25) is 0 Å². The molecule has 5 nitrogen and oxygen atoms in total. The fourth-order valence-electron chi connectivity index (χ4n) is 2.16. The Morgan fingerprint density at radius 1 is 1.29 bits per heavy atom. The molecule has 0 saturated heterocycles. The highest BCUT2D eigenvalue weighted by atomic mass is 32.2. The summed E-state index contributed by atoms with van der Waals surface area (Å²) in [6, 6.07) is 6.44. The van der Waals surface area contributed by atoms with Crippen LogP contribution in [0.1, 0.15) is 37.8 Å². The number of aryl methyl sites for hydroxylation is 1. The van der Waals surface area contributed by atoms with E-state index >= 15 is 0 Å². The number of carbonyl (C=O) groups excluding carboxylic acids is 1. The molecule has 0 bridgehead atoms. The van der Waals surface area contributed by atoms with E-state index in [0.717, 1.165) is 18.9 Å². The summed E-state index contributed by atoms with van der Waals surface area (Å²) >= 11 is 1.74. The Balaban J connectivity index is 2.55. The largest absolute Gasteiger partial charge is 0.466 e. The van der Waals surface area contributed by atoms with Gasteiger partial charge < -0.3 is 15.4 Å². The molecule has 0 atom stereocenters. The summed E-state index contributed by atoms with van der Waals surface area (Å²) in [7, 11) is 0. The SMILES string of the molecule is CCNC(=NCc1ccc(C)cc1SC)NCCCC(=O)OCC. The maximum Gasteiger partial charge on any atom is 0.305 e. The maximum absolute atomic E-state index is 11.3. The van der Waals surface area contributed by atoms with E-state index in [1.807, 2.05) is 13.8 Å². The van der Waals surface area contributed by atoms with E-state index < -0.39 is 0 Å². The van der Waals surface area contributed by atoms with Crippen molar-refractivity contribution in [3.05, 3.63) is 29.3 Å². The van der Waals surface area contributed by atoms with Crippen molar-refractivity contribution in [3.8, 4) is 0 Å². The third kappa shape index (κ3) is 7.73. The Kier molecular flexibility index (Phi) is 10.00. The van der Waals surface area contributed by atoms with Gasteiger partial charge in [0.1, 0.15) is 0 Å². The molecule has 1 aromatic carbocycles. The normalized spacial score (nSPS) is 11.2. The number of esters is 1. The second-order valence-corrected chi connectivity index (χ2v) is 6.19. The fraction of sp³-hybridized carbons (Fsp3) is 0.556. The van der Waals surface area contributed by atoms with E-state index in [1.165, 1.54) is 16.0 Å². The first-order chi connectivity index (χ1) is 11.6. The monoisotopic (exact) mass is 351 g/mol. The van der Waals surface area contributed by atoms with Crippen LogP contribution in [0.3, 0.4) is 0 Å². The predicted octanol–water partition coefficient (Wildman–Crippen LogP) is 3.12. The van der Waals surface area contributed by atoms with Crippen LogP contribution in [0.4, 0.5) is 0 Å². The quantitative estimate of drug-likeness (QED) is 0.235. The van der Waals surface area contributed by atoms with Crippen molar-refractivity contribution in [1.82, 2.24) is 10.6 Å². The van der Waals surface area contributed by atoms with Crippen LogP contribution in [0.5, 0.6) is 0 Å². The first-order valence-corrected chi connectivity index (χ1v) is 9.64. The molecule has 6 heteroatoms. The number of thioether (sulfide) groups is 1. The van der Waals surface area contributed by atoms with E-state index in [-0.39, 0.29) is 5.97 Å². The lowest BCUT2D eigenvalue weighted by atomic mass is 10.1. The molecule has 0 fully saturated rings. The van der Waals surface area contributed by atoms with E-state index in [0.29, 0.717) is 26.1 Å². The topological polar surface area (TPSA) is 62.7 Å². The summed E-state index contributed by atoms with van der Waals surface area (Å²) in [5.41, 5.74) is 2.48. The molecule has 1 aromatic rings. The van der Waals surface area contributed by atoms with Crippen LogP contribution in [0.25, 0.3) is 0 Å². The summed E-state index contributed by atoms with van der Waals surface area (Å²) in [6.45, 7) is 8.51. The average molecular weight is 352 g/mol. The first-order valence-electron chi connectivity index (χ1n) is 8.42. The van der Waals surface area contributed by atoms with Crippen molar-refractivity contribution in [3.63, 3.8) is 0 Å². The maximum atomic E-state index is 11.3. The number of ether oxygens (including phenoxy) is 1. The molecule has 0 saturated carbocycles. The minimum Gasteiger partial charge on any atom is -0.466 e. The van der Waals surface area contributed by atoms with Crippen LogP contribution in [0.15, 0.2) is 28.1 Å². The summed E-state index contributed by atoms with van der Waals surface area (Å²) < 4.78 is 4.92. The lowest BCUT2D eigenvalue weighted by Crippen LogP contribution is -2.37. The van der Waals surface area contributed by atoms with Crippen LogP contribution in [0.2, 0.25) is 0 Å². The third-order valence-electron chi connectivity index (χ3n) is 3.35. The Morgan fingerprint density at radius 3 is 2.75 bits per heavy atom. The molecule has 24 heavy (non-hydrogen) atoms. The number of nitrogens with zero attached hydrogens (tertiary/aromatic N) is 1. The minimum absolute atomic E-state index is 0.148. The lowest BCUT2D eigenvalue weighted by molar-refractivity contribution is -0.143. The molecule has 0 heterocycles. The second-order valence-electron chi connectivity index (χ2n) is 5.35. The number of carbonyl (C=O) groups is 1. The summed E-state index contributed by atoms with van der Waals surface area (Å²) in [4.78, 5) is 17.2. The zero-order valence-electron chi connectivity index (χ0n) is 15.1. The highest BCUT2D eigenvalue weighted by Gasteiger charge is 2.04. The van der Waals surface area contributed by atoms with Gasteiger partial charge in [0.05, 0.1) is 13.2 Å². The van der Waals surface area contributed by atoms with Gasteiger partial charge in [-0.05, 0) is 50.6 Å². The summed E-state index contributed by atoms with van der Waals surface area (Å²) in [6.07, 6.45) is 3.24. The van der Waals surface area contributed by atoms with Crippen molar-refractivity contribution in [2.24, 2.45) is 4.99 Å². The lowest BCUT2D eigenvalue weighted by Gasteiger charge is -2.12. The number of hydrogen-bond acceptors (Lipinski definition) is 4. The Morgan fingerprint density at radius 2 is 2.08 bits per heavy atom. The van der Waals surface area contributed by atoms with E-state index in [9.17, 15) is 4.79 Å². The minimum atomic E-state index is -0.148. The van der Waals surface area contributed by atoms with Gasteiger partial charge in [0.15, 0.2) is 5.96 Å². The number of nitrogens with one attached hydrogen (secondary N) is 2. The molecule has 0 radical (unpaired) electrons. The average Bonchev–Trinajstić information content (AvgIpc) is 2.57. The van der Waals surface area contributed by atoms with Crippen LogP contribution in [0, 0.1) is 6.92 Å². The van der Waals surface area contributed by atoms with E-state index in [2.05, 4.69) is 47.0 Å². The molecule has 0 amide bonds. The van der Waals surface area contributed by atoms with Gasteiger partial charge >= 0.3 is 5.97 Å². The highest BCUT2D eigenvalue weighted by molar-refractivity contribution is 7.98. The molecular formula is C18H29N3O2S. The molecule has 0 aliphatic heterocycles. The molecule has 134 valence electrons. The van der Waals surface area contributed by atoms with Crippen LogP contribution >= 0.6 is 11.8 Å². The Labute approximate surface area is 149 Å². The predicted molar refractivity (Wildman–Crippen MR) is 102 cm³/mol. The van der Waals surface area contributed by atoms with Crippen LogP contribution < -0.4 is 10.6 Å². The second kappa shape index (κ2) is 11.8. The van der Waals surface area contributed by atoms with Crippen molar-refractivity contribution in [2.75, 3.05) is 26.0 Å². The number of hydrogen-bond donors (Lipinski definition) is 2. The van der Waals surface area contributed by atoms with Crippen LogP contribution in [-0.2, 0) is 16.1 Å². The molecule has 0 aromatic heterocycles. The number of benzene rings is 1. The third-order valence-corrected chi connectivity index (χ3v) is 4.17. The first kappa shape index (κ1) is 20.4. The molecule has 0 unspecified atom stereocenters. The smallest absolute Gasteiger partial charge is 0.305 e. The van der Waals surface area contributed by atoms with Crippen molar-refractivity contribution in [2.45, 2.75) is 45.1 Å². The molecule has 1 rings (SSSR count). The van der Waals surface area contributed by atoms with Gasteiger partial charge in [-0.25, -0.2) is 4.99 Å². The zero-order chi connectivity index (χ0) is 17.8. The van der Waals surface area contributed by atoms with Gasteiger partial charge in [-0.3, -0.25) is 4.79 Å². The van der Waals surface area contributed by atoms with Gasteiger partial charge in [0, 0.05) is 24.4 Å². The van der Waals surface area contributed by atoms with Gasteiger partial charge in [-0.15, -0.1) is 11.8 Å². The van der Waals surface area contributed by atoms with E-state index in [4.69, 9.17) is 4.74 Å². The Bertz CT molecular complexity index is 547. The van der Waals surface area contributed by atoms with Crippen LogP contribution in [-0.4, -0.2) is 37.9 Å². The molecule has 0 aliphatic rings.